The zero-order chi connectivity index (χ0) is 21.4. The molecule has 0 radical (unpaired) electrons. The summed E-state index contributed by atoms with van der Waals surface area (Å²) >= 11 is 0. The molecule has 0 N–H and O–H groups in total. The lowest BCUT2D eigenvalue weighted by atomic mass is 9.99. The molecular formula is C21H18N6O4. The lowest BCUT2D eigenvalue weighted by molar-refractivity contribution is -0.136. The predicted molar refractivity (Wildman–Crippen MR) is 106 cm³/mol. The Balaban J connectivity index is 1.10. The van der Waals surface area contributed by atoms with Gasteiger partial charge in [0.05, 0.1) is 23.2 Å². The van der Waals surface area contributed by atoms with Gasteiger partial charge in [0.2, 0.25) is 17.6 Å². The Morgan fingerprint density at radius 2 is 1.84 bits per heavy atom. The molecule has 0 saturated carbocycles. The second-order valence-electron chi connectivity index (χ2n) is 7.45. The molecule has 0 atom stereocenters. The third-order valence-electron chi connectivity index (χ3n) is 5.47. The van der Waals surface area contributed by atoms with Gasteiger partial charge in [0, 0.05) is 38.4 Å². The lowest BCUT2D eigenvalue weighted by Gasteiger charge is -2.37. The normalized spacial score (nSPS) is 15.9. The van der Waals surface area contributed by atoms with E-state index in [4.69, 9.17) is 4.52 Å². The van der Waals surface area contributed by atoms with Gasteiger partial charge in [-0.15, -0.1) is 0 Å². The smallest absolute Gasteiger partial charge is 0.261 e. The highest BCUT2D eigenvalue weighted by atomic mass is 16.5. The summed E-state index contributed by atoms with van der Waals surface area (Å²) in [6, 6.07) is 6.76. The SMILES string of the molecule is O=C(CCCN1C(=O)c2ccccc2C1=O)N1CC(c2nc(-c3cnccn3)no2)C1. The fourth-order valence-corrected chi connectivity index (χ4v) is 3.75. The van der Waals surface area contributed by atoms with Crippen LogP contribution in [0.3, 0.4) is 0 Å². The highest BCUT2D eigenvalue weighted by Gasteiger charge is 2.37. The lowest BCUT2D eigenvalue weighted by Crippen LogP contribution is -2.48. The summed E-state index contributed by atoms with van der Waals surface area (Å²) in [4.78, 5) is 52.6. The molecule has 2 aromatic heterocycles. The number of carbonyl (C=O) groups excluding carboxylic acids is 3. The molecule has 156 valence electrons. The Morgan fingerprint density at radius 1 is 1.10 bits per heavy atom. The largest absolute Gasteiger partial charge is 0.341 e. The van der Waals surface area contributed by atoms with Gasteiger partial charge >= 0.3 is 0 Å². The summed E-state index contributed by atoms with van der Waals surface area (Å²) in [5, 5.41) is 3.92. The van der Waals surface area contributed by atoms with Crippen LogP contribution in [0.25, 0.3) is 11.5 Å². The Bertz CT molecular complexity index is 1120. The van der Waals surface area contributed by atoms with Gasteiger partial charge in [-0.1, -0.05) is 17.3 Å². The highest BCUT2D eigenvalue weighted by molar-refractivity contribution is 6.21. The molecule has 1 saturated heterocycles. The first-order valence-corrected chi connectivity index (χ1v) is 9.95. The number of nitrogens with zero attached hydrogens (tertiary/aromatic N) is 6. The van der Waals surface area contributed by atoms with Gasteiger partial charge in [-0.2, -0.15) is 4.98 Å². The van der Waals surface area contributed by atoms with E-state index in [1.54, 1.807) is 47.8 Å². The molecule has 10 nitrogen and oxygen atoms in total. The first-order valence-electron chi connectivity index (χ1n) is 9.95. The van der Waals surface area contributed by atoms with Crippen molar-refractivity contribution in [1.82, 2.24) is 29.9 Å². The first kappa shape index (κ1) is 19.0. The molecule has 3 amide bonds. The summed E-state index contributed by atoms with van der Waals surface area (Å²) in [5.41, 5.74) is 1.37. The van der Waals surface area contributed by atoms with Crippen molar-refractivity contribution in [2.45, 2.75) is 18.8 Å². The number of fused-ring (bicyclic) bond motifs is 1. The minimum atomic E-state index is -0.299. The molecule has 0 aliphatic carbocycles. The van der Waals surface area contributed by atoms with Crippen molar-refractivity contribution >= 4 is 17.7 Å². The Kier molecular flexibility index (Phi) is 4.73. The summed E-state index contributed by atoms with van der Waals surface area (Å²) in [7, 11) is 0. The van der Waals surface area contributed by atoms with Crippen LogP contribution in [0.5, 0.6) is 0 Å². The standard InChI is InChI=1S/C21H18N6O4/c28-17(6-3-9-27-20(29)14-4-1-2-5-15(14)21(27)30)26-11-13(12-26)19-24-18(25-31-19)16-10-22-7-8-23-16/h1-2,4-5,7-8,10,13H,3,6,9,11-12H2. The topological polar surface area (TPSA) is 122 Å². The van der Waals surface area contributed by atoms with Crippen LogP contribution >= 0.6 is 0 Å². The van der Waals surface area contributed by atoms with Crippen molar-refractivity contribution in [1.29, 1.82) is 0 Å². The maximum absolute atomic E-state index is 12.4. The van der Waals surface area contributed by atoms with E-state index in [-0.39, 0.29) is 36.6 Å². The molecule has 10 heteroatoms. The Labute approximate surface area is 176 Å². The number of hydrogen-bond acceptors (Lipinski definition) is 8. The predicted octanol–water partition coefficient (Wildman–Crippen LogP) is 1.53. The quantitative estimate of drug-likeness (QED) is 0.552. The first-order chi connectivity index (χ1) is 15.1. The van der Waals surface area contributed by atoms with E-state index in [1.807, 2.05) is 0 Å². The molecule has 0 unspecified atom stereocenters. The van der Waals surface area contributed by atoms with E-state index in [1.165, 1.54) is 4.90 Å². The van der Waals surface area contributed by atoms with Gasteiger partial charge < -0.3 is 9.42 Å². The van der Waals surface area contributed by atoms with Crippen molar-refractivity contribution in [2.24, 2.45) is 0 Å². The minimum absolute atomic E-state index is 0.0156. The molecular weight excluding hydrogens is 400 g/mol. The number of likely N-dealkylation sites (tertiary alicyclic amines) is 1. The number of carbonyl (C=O) groups is 3. The molecule has 0 bridgehead atoms. The van der Waals surface area contributed by atoms with Gasteiger partial charge in [0.1, 0.15) is 5.69 Å². The molecule has 0 spiro atoms. The van der Waals surface area contributed by atoms with Gasteiger partial charge in [-0.05, 0) is 18.6 Å². The van der Waals surface area contributed by atoms with E-state index >= 15 is 0 Å². The number of hydrogen-bond donors (Lipinski definition) is 0. The van der Waals surface area contributed by atoms with Crippen LogP contribution in [-0.2, 0) is 4.79 Å². The van der Waals surface area contributed by atoms with Crippen LogP contribution < -0.4 is 0 Å². The molecule has 31 heavy (non-hydrogen) atoms. The van der Waals surface area contributed by atoms with Crippen molar-refractivity contribution < 1.29 is 18.9 Å². The molecule has 1 aromatic carbocycles. The fraction of sp³-hybridized carbons (Fsp3) is 0.286. The van der Waals surface area contributed by atoms with E-state index in [0.29, 0.717) is 48.0 Å². The summed E-state index contributed by atoms with van der Waals surface area (Å²) in [6.07, 6.45) is 5.35. The molecule has 3 aromatic rings. The van der Waals surface area contributed by atoms with Crippen LogP contribution in [0.2, 0.25) is 0 Å². The second-order valence-corrected chi connectivity index (χ2v) is 7.45. The van der Waals surface area contributed by atoms with Crippen LogP contribution in [0.4, 0.5) is 0 Å². The zero-order valence-electron chi connectivity index (χ0n) is 16.5. The van der Waals surface area contributed by atoms with Crippen molar-refractivity contribution in [3.8, 4) is 11.5 Å². The van der Waals surface area contributed by atoms with E-state index in [0.717, 1.165) is 0 Å². The third kappa shape index (κ3) is 3.45. The Hall–Kier alpha value is -3.95. The molecule has 2 aliphatic heterocycles. The summed E-state index contributed by atoms with van der Waals surface area (Å²) < 4.78 is 5.31. The van der Waals surface area contributed by atoms with Crippen molar-refractivity contribution in [3.63, 3.8) is 0 Å². The third-order valence-corrected chi connectivity index (χ3v) is 5.47. The molecule has 2 aliphatic rings. The van der Waals surface area contributed by atoms with Crippen LogP contribution in [0.1, 0.15) is 45.4 Å². The van der Waals surface area contributed by atoms with Gasteiger partial charge in [0.25, 0.3) is 11.8 Å². The number of imide groups is 1. The van der Waals surface area contributed by atoms with Gasteiger partial charge in [-0.25, -0.2) is 4.98 Å². The number of rotatable bonds is 6. The average molecular weight is 418 g/mol. The summed E-state index contributed by atoms with van der Waals surface area (Å²) in [5.74, 6) is 0.198. The highest BCUT2D eigenvalue weighted by Crippen LogP contribution is 2.28. The maximum atomic E-state index is 12.4. The van der Waals surface area contributed by atoms with Gasteiger partial charge in [0.15, 0.2) is 0 Å². The second kappa shape index (κ2) is 7.71. The number of amides is 3. The van der Waals surface area contributed by atoms with Crippen LogP contribution in [0, 0.1) is 0 Å². The zero-order valence-corrected chi connectivity index (χ0v) is 16.5. The molecule has 4 heterocycles. The monoisotopic (exact) mass is 418 g/mol. The van der Waals surface area contributed by atoms with E-state index < -0.39 is 0 Å². The van der Waals surface area contributed by atoms with Crippen molar-refractivity contribution in [2.75, 3.05) is 19.6 Å². The Morgan fingerprint density at radius 3 is 2.52 bits per heavy atom. The average Bonchev–Trinajstić information content (AvgIpc) is 3.33. The van der Waals surface area contributed by atoms with E-state index in [9.17, 15) is 14.4 Å². The van der Waals surface area contributed by atoms with Crippen LogP contribution in [0.15, 0.2) is 47.4 Å². The minimum Gasteiger partial charge on any atom is -0.341 e. The van der Waals surface area contributed by atoms with E-state index in [2.05, 4.69) is 20.1 Å². The van der Waals surface area contributed by atoms with Crippen molar-refractivity contribution in [3.05, 3.63) is 59.9 Å². The summed E-state index contributed by atoms with van der Waals surface area (Å²) in [6.45, 7) is 1.21. The molecule has 1 fully saturated rings. The number of aromatic nitrogens is 4. The fourth-order valence-electron chi connectivity index (χ4n) is 3.75. The maximum Gasteiger partial charge on any atom is 0.261 e. The van der Waals surface area contributed by atoms with Gasteiger partial charge in [-0.3, -0.25) is 24.3 Å². The number of benzene rings is 1. The van der Waals surface area contributed by atoms with Crippen LogP contribution in [-0.4, -0.2) is 67.3 Å². The molecule has 5 rings (SSSR count).